The van der Waals surface area contributed by atoms with Crippen LogP contribution in [0.3, 0.4) is 0 Å². The van der Waals surface area contributed by atoms with Gasteiger partial charge in [0.2, 0.25) is 0 Å². The fourth-order valence-corrected chi connectivity index (χ4v) is 3.44. The maximum Gasteiger partial charge on any atom is 0.101 e. The first kappa shape index (κ1) is 12.3. The van der Waals surface area contributed by atoms with Crippen molar-refractivity contribution in [1.82, 2.24) is 10.3 Å². The molecule has 0 bridgehead atoms. The van der Waals surface area contributed by atoms with E-state index >= 15 is 0 Å². The molecule has 1 aliphatic carbocycles. The van der Waals surface area contributed by atoms with Gasteiger partial charge in [0, 0.05) is 17.1 Å². The summed E-state index contributed by atoms with van der Waals surface area (Å²) in [4.78, 5) is 3.16. The Balaban J connectivity index is 1.98. The number of rotatable bonds is 3. The van der Waals surface area contributed by atoms with E-state index in [9.17, 15) is 0 Å². The second-order valence-corrected chi connectivity index (χ2v) is 5.47. The summed E-state index contributed by atoms with van der Waals surface area (Å²) in [5, 5.41) is 13.5. The highest BCUT2D eigenvalue weighted by Gasteiger charge is 2.28. The Morgan fingerprint density at radius 1 is 1.42 bits per heavy atom. The quantitative estimate of drug-likeness (QED) is 0.883. The Labute approximate surface area is 113 Å². The van der Waals surface area contributed by atoms with Crippen LogP contribution in [-0.4, -0.2) is 18.6 Å². The molecule has 1 aromatic carbocycles. The predicted octanol–water partition coefficient (Wildman–Crippen LogP) is 3.14. The van der Waals surface area contributed by atoms with Crippen molar-refractivity contribution < 1.29 is 0 Å². The standard InChI is InChI=1S/C16H19N3/c1-18-9-12-3-2-4-14(12)11-5-6-16-15(7-11)13(8-17)10-19-16/h5-7,10,12,14,18-19H,2-4,9H2,1H3/t12-,14-/m0/s1. The summed E-state index contributed by atoms with van der Waals surface area (Å²) in [7, 11) is 2.03. The molecule has 1 aromatic heterocycles. The van der Waals surface area contributed by atoms with Crippen LogP contribution in [0.1, 0.15) is 36.3 Å². The third kappa shape index (κ3) is 2.13. The average molecular weight is 253 g/mol. The lowest BCUT2D eigenvalue weighted by atomic mass is 9.88. The lowest BCUT2D eigenvalue weighted by molar-refractivity contribution is 0.463. The lowest BCUT2D eigenvalue weighted by Crippen LogP contribution is -2.20. The van der Waals surface area contributed by atoms with Crippen molar-refractivity contribution in [2.24, 2.45) is 5.92 Å². The Kier molecular flexibility index (Phi) is 3.27. The number of hydrogen-bond donors (Lipinski definition) is 2. The SMILES string of the molecule is CNC[C@@H]1CCC[C@H]1c1ccc2[nH]cc(C#N)c2c1. The number of aromatic amines is 1. The highest BCUT2D eigenvalue weighted by Crippen LogP contribution is 2.40. The molecule has 1 fully saturated rings. The van der Waals surface area contributed by atoms with Gasteiger partial charge in [-0.3, -0.25) is 0 Å². The van der Waals surface area contributed by atoms with E-state index in [-0.39, 0.29) is 0 Å². The Hall–Kier alpha value is -1.79. The summed E-state index contributed by atoms with van der Waals surface area (Å²) < 4.78 is 0. The maximum atomic E-state index is 9.14. The molecule has 1 saturated carbocycles. The summed E-state index contributed by atoms with van der Waals surface area (Å²) in [5.74, 6) is 1.37. The highest BCUT2D eigenvalue weighted by molar-refractivity contribution is 5.86. The first-order valence-electron chi connectivity index (χ1n) is 6.99. The second-order valence-electron chi connectivity index (χ2n) is 5.47. The van der Waals surface area contributed by atoms with Crippen LogP contribution in [0, 0.1) is 17.2 Å². The van der Waals surface area contributed by atoms with Gasteiger partial charge < -0.3 is 10.3 Å². The number of H-pyrrole nitrogens is 1. The molecule has 3 nitrogen and oxygen atoms in total. The number of nitriles is 1. The summed E-state index contributed by atoms with van der Waals surface area (Å²) in [6.07, 6.45) is 5.69. The molecular weight excluding hydrogens is 234 g/mol. The van der Waals surface area contributed by atoms with Crippen LogP contribution >= 0.6 is 0 Å². The van der Waals surface area contributed by atoms with E-state index < -0.39 is 0 Å². The van der Waals surface area contributed by atoms with Crippen LogP contribution in [0.2, 0.25) is 0 Å². The zero-order valence-corrected chi connectivity index (χ0v) is 11.2. The number of aromatic nitrogens is 1. The van der Waals surface area contributed by atoms with Crippen molar-refractivity contribution in [1.29, 1.82) is 5.26 Å². The van der Waals surface area contributed by atoms with Crippen LogP contribution < -0.4 is 5.32 Å². The van der Waals surface area contributed by atoms with Crippen molar-refractivity contribution >= 4 is 10.9 Å². The summed E-state index contributed by atoms with van der Waals surface area (Å²) in [6.45, 7) is 1.08. The molecule has 2 aromatic rings. The van der Waals surface area contributed by atoms with Gasteiger partial charge in [0.1, 0.15) is 6.07 Å². The molecule has 0 saturated heterocycles. The van der Waals surface area contributed by atoms with Crippen LogP contribution in [0.15, 0.2) is 24.4 Å². The molecule has 3 heteroatoms. The van der Waals surface area contributed by atoms with Gasteiger partial charge >= 0.3 is 0 Å². The van der Waals surface area contributed by atoms with Crippen molar-refractivity contribution in [2.75, 3.05) is 13.6 Å². The summed E-state index contributed by atoms with van der Waals surface area (Å²) in [5.41, 5.74) is 3.20. The smallest absolute Gasteiger partial charge is 0.101 e. The highest BCUT2D eigenvalue weighted by atomic mass is 14.8. The molecule has 0 radical (unpaired) electrons. The van der Waals surface area contributed by atoms with E-state index in [1.165, 1.54) is 24.8 Å². The van der Waals surface area contributed by atoms with E-state index in [2.05, 4.69) is 34.6 Å². The number of benzene rings is 1. The molecular formula is C16H19N3. The normalized spacial score (nSPS) is 22.7. The Bertz CT molecular complexity index is 620. The van der Waals surface area contributed by atoms with Gasteiger partial charge in [0.15, 0.2) is 0 Å². The third-order valence-corrected chi connectivity index (χ3v) is 4.38. The average Bonchev–Trinajstić information content (AvgIpc) is 3.04. The minimum Gasteiger partial charge on any atom is -0.360 e. The fraction of sp³-hybridized carbons (Fsp3) is 0.438. The number of fused-ring (bicyclic) bond motifs is 1. The van der Waals surface area contributed by atoms with E-state index in [0.717, 1.165) is 28.9 Å². The van der Waals surface area contributed by atoms with Crippen molar-refractivity contribution in [3.63, 3.8) is 0 Å². The number of hydrogen-bond acceptors (Lipinski definition) is 2. The number of nitrogens with one attached hydrogen (secondary N) is 2. The monoisotopic (exact) mass is 253 g/mol. The Morgan fingerprint density at radius 3 is 3.11 bits per heavy atom. The van der Waals surface area contributed by atoms with Gasteiger partial charge in [-0.1, -0.05) is 12.5 Å². The molecule has 1 heterocycles. The van der Waals surface area contributed by atoms with E-state index in [4.69, 9.17) is 5.26 Å². The zero-order chi connectivity index (χ0) is 13.2. The first-order valence-corrected chi connectivity index (χ1v) is 6.99. The van der Waals surface area contributed by atoms with Gasteiger partial charge in [0.25, 0.3) is 0 Å². The zero-order valence-electron chi connectivity index (χ0n) is 11.2. The van der Waals surface area contributed by atoms with Gasteiger partial charge in [-0.15, -0.1) is 0 Å². The molecule has 98 valence electrons. The van der Waals surface area contributed by atoms with Gasteiger partial charge in [-0.2, -0.15) is 5.26 Å². The van der Waals surface area contributed by atoms with Crippen LogP contribution in [0.25, 0.3) is 10.9 Å². The summed E-state index contributed by atoms with van der Waals surface area (Å²) in [6, 6.07) is 8.80. The van der Waals surface area contributed by atoms with Crippen LogP contribution in [0.4, 0.5) is 0 Å². The molecule has 2 atom stereocenters. The molecule has 0 spiro atoms. The molecule has 0 aliphatic heterocycles. The molecule has 2 N–H and O–H groups in total. The topological polar surface area (TPSA) is 51.6 Å². The van der Waals surface area contributed by atoms with Gasteiger partial charge in [-0.05, 0) is 56.0 Å². The second kappa shape index (κ2) is 5.07. The largest absolute Gasteiger partial charge is 0.360 e. The van der Waals surface area contributed by atoms with Crippen molar-refractivity contribution in [2.45, 2.75) is 25.2 Å². The van der Waals surface area contributed by atoms with Crippen molar-refractivity contribution in [3.05, 3.63) is 35.5 Å². The maximum absolute atomic E-state index is 9.14. The van der Waals surface area contributed by atoms with E-state index in [1.807, 2.05) is 7.05 Å². The molecule has 0 amide bonds. The molecule has 0 unspecified atom stereocenters. The minimum absolute atomic E-state index is 0.637. The molecule has 19 heavy (non-hydrogen) atoms. The lowest BCUT2D eigenvalue weighted by Gasteiger charge is -2.19. The molecule has 3 rings (SSSR count). The van der Waals surface area contributed by atoms with Gasteiger partial charge in [0.05, 0.1) is 5.56 Å². The number of nitrogens with zero attached hydrogens (tertiary/aromatic N) is 1. The van der Waals surface area contributed by atoms with Crippen LogP contribution in [-0.2, 0) is 0 Å². The van der Waals surface area contributed by atoms with E-state index in [0.29, 0.717) is 5.92 Å². The van der Waals surface area contributed by atoms with E-state index in [1.54, 1.807) is 6.20 Å². The fourth-order valence-electron chi connectivity index (χ4n) is 3.44. The van der Waals surface area contributed by atoms with Crippen molar-refractivity contribution in [3.8, 4) is 6.07 Å². The minimum atomic E-state index is 0.637. The third-order valence-electron chi connectivity index (χ3n) is 4.38. The molecule has 1 aliphatic rings. The van der Waals surface area contributed by atoms with Gasteiger partial charge in [-0.25, -0.2) is 0 Å². The van der Waals surface area contributed by atoms with Crippen LogP contribution in [0.5, 0.6) is 0 Å². The first-order chi connectivity index (χ1) is 9.33. The Morgan fingerprint density at radius 2 is 2.32 bits per heavy atom. The predicted molar refractivity (Wildman–Crippen MR) is 77.0 cm³/mol. The summed E-state index contributed by atoms with van der Waals surface area (Å²) >= 11 is 0.